The monoisotopic (exact) mass is 288 g/mol. The molecule has 19 heavy (non-hydrogen) atoms. The van der Waals surface area contributed by atoms with E-state index >= 15 is 0 Å². The van der Waals surface area contributed by atoms with Crippen LogP contribution in [-0.4, -0.2) is 15.2 Å². The topological polar surface area (TPSA) is 69.9 Å². The van der Waals surface area contributed by atoms with Crippen molar-refractivity contribution < 1.29 is 13.2 Å². The van der Waals surface area contributed by atoms with Crippen molar-refractivity contribution in [3.63, 3.8) is 0 Å². The van der Waals surface area contributed by atoms with Crippen LogP contribution in [0.3, 0.4) is 0 Å². The molecule has 1 aromatic heterocycles. The van der Waals surface area contributed by atoms with E-state index in [0.29, 0.717) is 17.1 Å². The van der Waals surface area contributed by atoms with Crippen molar-refractivity contribution in [3.8, 4) is 11.3 Å². The van der Waals surface area contributed by atoms with Crippen LogP contribution in [-0.2, 0) is 0 Å². The molecule has 1 heterocycles. The van der Waals surface area contributed by atoms with Crippen molar-refractivity contribution in [1.82, 2.24) is 9.66 Å². The summed E-state index contributed by atoms with van der Waals surface area (Å²) in [4.78, 5) is 4.28. The van der Waals surface area contributed by atoms with Crippen molar-refractivity contribution in [2.45, 2.75) is 17.3 Å². The van der Waals surface area contributed by atoms with Crippen LogP contribution in [0, 0.1) is 6.92 Å². The SMILES string of the molecule is Cc1nc(-c2ccc(SC(F)(F)F)cc2)c(N)n1N. The molecule has 102 valence electrons. The Morgan fingerprint density at radius 1 is 1.21 bits per heavy atom. The summed E-state index contributed by atoms with van der Waals surface area (Å²) in [5.41, 5.74) is 2.55. The molecule has 4 nitrogen and oxygen atoms in total. The number of anilines is 1. The van der Waals surface area contributed by atoms with E-state index in [-0.39, 0.29) is 22.5 Å². The first-order chi connectivity index (χ1) is 8.78. The van der Waals surface area contributed by atoms with Gasteiger partial charge in [-0.2, -0.15) is 13.2 Å². The van der Waals surface area contributed by atoms with Crippen molar-refractivity contribution in [2.75, 3.05) is 11.6 Å². The Kier molecular flexibility index (Phi) is 3.36. The number of aromatic nitrogens is 2. The molecular formula is C11H11F3N4S. The lowest BCUT2D eigenvalue weighted by atomic mass is 10.1. The molecule has 0 atom stereocenters. The van der Waals surface area contributed by atoms with Gasteiger partial charge in [0.25, 0.3) is 0 Å². The highest BCUT2D eigenvalue weighted by molar-refractivity contribution is 8.00. The van der Waals surface area contributed by atoms with E-state index in [0.717, 1.165) is 0 Å². The van der Waals surface area contributed by atoms with Crippen LogP contribution in [0.5, 0.6) is 0 Å². The van der Waals surface area contributed by atoms with Gasteiger partial charge in [0.15, 0.2) is 5.82 Å². The Labute approximate surface area is 111 Å². The molecule has 0 aliphatic carbocycles. The summed E-state index contributed by atoms with van der Waals surface area (Å²) < 4.78 is 37.8. The molecule has 0 aliphatic rings. The highest BCUT2D eigenvalue weighted by Crippen LogP contribution is 2.37. The zero-order valence-corrected chi connectivity index (χ0v) is 10.7. The van der Waals surface area contributed by atoms with Gasteiger partial charge in [0.2, 0.25) is 0 Å². The van der Waals surface area contributed by atoms with Gasteiger partial charge in [-0.25, -0.2) is 9.66 Å². The summed E-state index contributed by atoms with van der Waals surface area (Å²) in [5.74, 6) is 6.43. The first kappa shape index (κ1) is 13.6. The Bertz CT molecular complexity index is 589. The van der Waals surface area contributed by atoms with Crippen molar-refractivity contribution in [3.05, 3.63) is 30.1 Å². The summed E-state index contributed by atoms with van der Waals surface area (Å²) >= 11 is -0.164. The van der Waals surface area contributed by atoms with Gasteiger partial charge in [0, 0.05) is 10.5 Å². The van der Waals surface area contributed by atoms with Crippen LogP contribution in [0.4, 0.5) is 19.0 Å². The zero-order chi connectivity index (χ0) is 14.2. The van der Waals surface area contributed by atoms with E-state index in [1.807, 2.05) is 0 Å². The Hall–Kier alpha value is -1.83. The molecule has 0 amide bonds. The van der Waals surface area contributed by atoms with Gasteiger partial charge in [-0.05, 0) is 30.8 Å². The lowest BCUT2D eigenvalue weighted by molar-refractivity contribution is -0.0328. The minimum absolute atomic E-state index is 0.110. The molecule has 2 rings (SSSR count). The lowest BCUT2D eigenvalue weighted by Crippen LogP contribution is -2.13. The molecule has 2 aromatic rings. The average molecular weight is 288 g/mol. The van der Waals surface area contributed by atoms with Crippen LogP contribution in [0.25, 0.3) is 11.3 Å². The Morgan fingerprint density at radius 2 is 1.79 bits per heavy atom. The molecule has 0 radical (unpaired) electrons. The van der Waals surface area contributed by atoms with Crippen molar-refractivity contribution in [2.24, 2.45) is 0 Å². The third-order valence-corrected chi connectivity index (χ3v) is 3.23. The number of hydrogen-bond acceptors (Lipinski definition) is 4. The number of aryl methyl sites for hydroxylation is 1. The van der Waals surface area contributed by atoms with Crippen molar-refractivity contribution in [1.29, 1.82) is 0 Å². The Morgan fingerprint density at radius 3 is 2.21 bits per heavy atom. The van der Waals surface area contributed by atoms with Crippen LogP contribution in [0.2, 0.25) is 0 Å². The average Bonchev–Trinajstić information content (AvgIpc) is 2.56. The lowest BCUT2D eigenvalue weighted by Gasteiger charge is -2.06. The summed E-state index contributed by atoms with van der Waals surface area (Å²) in [6, 6.07) is 5.81. The molecular weight excluding hydrogens is 277 g/mol. The molecule has 0 saturated carbocycles. The van der Waals surface area contributed by atoms with Gasteiger partial charge in [-0.3, -0.25) is 0 Å². The minimum Gasteiger partial charge on any atom is -0.382 e. The number of halogens is 3. The molecule has 0 spiro atoms. The summed E-state index contributed by atoms with van der Waals surface area (Å²) in [6.45, 7) is 1.69. The van der Waals surface area contributed by atoms with Gasteiger partial charge >= 0.3 is 5.51 Å². The molecule has 0 bridgehead atoms. The standard InChI is InChI=1S/C11H11F3N4S/c1-6-17-9(10(15)18(6)16)7-2-4-8(5-3-7)19-11(12,13)14/h2-5H,15-16H2,1H3. The third-order valence-electron chi connectivity index (χ3n) is 2.49. The Balaban J connectivity index is 2.30. The fourth-order valence-electron chi connectivity index (χ4n) is 1.59. The number of benzene rings is 1. The number of nitrogens with two attached hydrogens (primary N) is 2. The second kappa shape index (κ2) is 4.69. The van der Waals surface area contributed by atoms with Gasteiger partial charge in [0.1, 0.15) is 11.5 Å². The quantitative estimate of drug-likeness (QED) is 0.658. The molecule has 0 aliphatic heterocycles. The van der Waals surface area contributed by atoms with E-state index in [1.165, 1.54) is 28.9 Å². The first-order valence-corrected chi connectivity index (χ1v) is 6.05. The number of thioether (sulfide) groups is 1. The highest BCUT2D eigenvalue weighted by Gasteiger charge is 2.29. The maximum absolute atomic E-state index is 12.2. The fraction of sp³-hybridized carbons (Fsp3) is 0.182. The number of alkyl halides is 3. The predicted octanol–water partition coefficient (Wildman–Crippen LogP) is 2.77. The summed E-state index contributed by atoms with van der Waals surface area (Å²) in [6.07, 6.45) is 0. The van der Waals surface area contributed by atoms with Crippen molar-refractivity contribution >= 4 is 17.6 Å². The van der Waals surface area contributed by atoms with Gasteiger partial charge in [-0.15, -0.1) is 0 Å². The second-order valence-corrected chi connectivity index (χ2v) is 4.97. The van der Waals surface area contributed by atoms with Crippen LogP contribution < -0.4 is 11.6 Å². The molecule has 0 saturated heterocycles. The van der Waals surface area contributed by atoms with Gasteiger partial charge in [-0.1, -0.05) is 12.1 Å². The maximum Gasteiger partial charge on any atom is 0.446 e. The first-order valence-electron chi connectivity index (χ1n) is 5.24. The number of imidazole rings is 1. The van der Waals surface area contributed by atoms with E-state index in [9.17, 15) is 13.2 Å². The summed E-state index contributed by atoms with van der Waals surface area (Å²) in [7, 11) is 0. The number of rotatable bonds is 2. The van der Waals surface area contributed by atoms with Crippen LogP contribution in [0.15, 0.2) is 29.2 Å². The maximum atomic E-state index is 12.2. The molecule has 1 aromatic carbocycles. The van der Waals surface area contributed by atoms with Crippen LogP contribution in [0.1, 0.15) is 5.82 Å². The second-order valence-electron chi connectivity index (χ2n) is 3.84. The largest absolute Gasteiger partial charge is 0.446 e. The van der Waals surface area contributed by atoms with Crippen LogP contribution >= 0.6 is 11.8 Å². The number of nitrogen functional groups attached to an aromatic ring is 2. The zero-order valence-electron chi connectivity index (χ0n) is 9.90. The summed E-state index contributed by atoms with van der Waals surface area (Å²) in [5, 5.41) is 0. The van der Waals surface area contributed by atoms with Gasteiger partial charge < -0.3 is 11.6 Å². The highest BCUT2D eigenvalue weighted by atomic mass is 32.2. The fourth-order valence-corrected chi connectivity index (χ4v) is 2.13. The molecule has 0 unspecified atom stereocenters. The van der Waals surface area contributed by atoms with E-state index in [1.54, 1.807) is 6.92 Å². The smallest absolute Gasteiger partial charge is 0.382 e. The molecule has 0 fully saturated rings. The number of nitrogens with zero attached hydrogens (tertiary/aromatic N) is 2. The third kappa shape index (κ3) is 2.95. The molecule has 4 N–H and O–H groups in total. The minimum atomic E-state index is -4.30. The van der Waals surface area contributed by atoms with E-state index in [4.69, 9.17) is 11.6 Å². The van der Waals surface area contributed by atoms with E-state index in [2.05, 4.69) is 4.98 Å². The normalized spacial score (nSPS) is 11.8. The number of hydrogen-bond donors (Lipinski definition) is 2. The van der Waals surface area contributed by atoms with Gasteiger partial charge in [0.05, 0.1) is 0 Å². The van der Waals surface area contributed by atoms with E-state index < -0.39 is 5.51 Å². The predicted molar refractivity (Wildman–Crippen MR) is 68.9 cm³/mol. The molecule has 8 heteroatoms.